The summed E-state index contributed by atoms with van der Waals surface area (Å²) in [7, 11) is -3.97. The monoisotopic (exact) mass is 560 g/mol. The summed E-state index contributed by atoms with van der Waals surface area (Å²) in [6.45, 7) is 3.65. The van der Waals surface area contributed by atoms with E-state index in [0.717, 1.165) is 31.7 Å². The highest BCUT2D eigenvalue weighted by Gasteiger charge is 2.21. The highest BCUT2D eigenvalue weighted by atomic mass is 32.2. The third-order valence-corrected chi connectivity index (χ3v) is 8.11. The van der Waals surface area contributed by atoms with Gasteiger partial charge in [-0.2, -0.15) is 0 Å². The molecule has 2 heterocycles. The quantitative estimate of drug-likeness (QED) is 0.241. The van der Waals surface area contributed by atoms with Gasteiger partial charge < -0.3 is 15.8 Å². The van der Waals surface area contributed by atoms with E-state index in [1.807, 2.05) is 0 Å². The van der Waals surface area contributed by atoms with Crippen molar-refractivity contribution in [3.63, 3.8) is 0 Å². The molecule has 1 aliphatic rings. The topological polar surface area (TPSA) is 132 Å². The van der Waals surface area contributed by atoms with Crippen molar-refractivity contribution < 1.29 is 17.5 Å². The van der Waals surface area contributed by atoms with Crippen molar-refractivity contribution in [2.45, 2.75) is 42.7 Å². The molecule has 0 aliphatic heterocycles. The number of halogens is 1. The Bertz CT molecular complexity index is 1620. The van der Waals surface area contributed by atoms with E-state index in [1.165, 1.54) is 30.5 Å². The van der Waals surface area contributed by atoms with Gasteiger partial charge in [0, 0.05) is 36.7 Å². The Morgan fingerprint density at radius 2 is 1.82 bits per heavy atom. The predicted molar refractivity (Wildman–Crippen MR) is 153 cm³/mol. The molecule has 4 aromatic rings. The predicted octanol–water partition coefficient (Wildman–Crippen LogP) is 5.60. The van der Waals surface area contributed by atoms with Crippen LogP contribution in [-0.4, -0.2) is 35.5 Å². The first-order valence-electron chi connectivity index (χ1n) is 12.8. The molecule has 0 bridgehead atoms. The molecule has 0 radical (unpaired) electrons. The minimum atomic E-state index is -3.97. The first kappa shape index (κ1) is 27.2. The van der Waals surface area contributed by atoms with Crippen LogP contribution < -0.4 is 20.5 Å². The lowest BCUT2D eigenvalue weighted by molar-refractivity contribution is 0.410. The van der Waals surface area contributed by atoms with Crippen molar-refractivity contribution in [2.24, 2.45) is 5.73 Å². The maximum absolute atomic E-state index is 15.1. The third-order valence-electron chi connectivity index (χ3n) is 6.65. The summed E-state index contributed by atoms with van der Waals surface area (Å²) in [5.41, 5.74) is 7.60. The average molecular weight is 561 g/mol. The van der Waals surface area contributed by atoms with Crippen LogP contribution in [0.25, 0.3) is 17.3 Å². The number of rotatable bonds is 9. The number of ether oxygens (including phenoxy) is 1. The van der Waals surface area contributed by atoms with Crippen LogP contribution in [0.3, 0.4) is 0 Å². The zero-order valence-electron chi connectivity index (χ0n) is 21.6. The number of nitrogens with zero attached hydrogens (tertiary/aromatic N) is 3. The second kappa shape index (κ2) is 11.8. The number of sulfonamides is 1. The summed E-state index contributed by atoms with van der Waals surface area (Å²) in [5, 5.41) is 3.37. The first-order chi connectivity index (χ1) is 19.3. The fourth-order valence-electron chi connectivity index (χ4n) is 4.56. The van der Waals surface area contributed by atoms with E-state index in [9.17, 15) is 8.42 Å². The average Bonchev–Trinajstić information content (AvgIpc) is 2.96. The van der Waals surface area contributed by atoms with E-state index in [1.54, 1.807) is 42.7 Å². The smallest absolute Gasteiger partial charge is 0.262 e. The molecule has 0 atom stereocenters. The molecule has 0 unspecified atom stereocenters. The van der Waals surface area contributed by atoms with E-state index < -0.39 is 15.8 Å². The van der Waals surface area contributed by atoms with Gasteiger partial charge in [0.15, 0.2) is 11.6 Å². The van der Waals surface area contributed by atoms with Gasteiger partial charge in [-0.1, -0.05) is 30.9 Å². The van der Waals surface area contributed by atoms with Crippen LogP contribution in [0.15, 0.2) is 84.7 Å². The highest BCUT2D eigenvalue weighted by Crippen LogP contribution is 2.34. The van der Waals surface area contributed by atoms with Crippen LogP contribution in [0.5, 0.6) is 11.5 Å². The van der Waals surface area contributed by atoms with Crippen LogP contribution in [0.4, 0.5) is 16.0 Å². The molecular formula is C29H29FN6O3S. The van der Waals surface area contributed by atoms with Gasteiger partial charge in [0.2, 0.25) is 5.95 Å². The van der Waals surface area contributed by atoms with Gasteiger partial charge in [0.25, 0.3) is 10.0 Å². The molecule has 1 saturated carbocycles. The van der Waals surface area contributed by atoms with Gasteiger partial charge in [-0.15, -0.1) is 0 Å². The van der Waals surface area contributed by atoms with Crippen molar-refractivity contribution in [1.82, 2.24) is 15.0 Å². The molecule has 0 amide bonds. The lowest BCUT2D eigenvalue weighted by Crippen LogP contribution is -2.33. The zero-order chi connectivity index (χ0) is 28.1. The number of hydrogen-bond donors (Lipinski definition) is 3. The maximum Gasteiger partial charge on any atom is 0.262 e. The normalized spacial score (nSPS) is 17.1. The molecule has 0 spiro atoms. The van der Waals surface area contributed by atoms with Crippen molar-refractivity contribution in [1.29, 1.82) is 0 Å². The summed E-state index contributed by atoms with van der Waals surface area (Å²) >= 11 is 0. The zero-order valence-corrected chi connectivity index (χ0v) is 22.4. The number of pyridine rings is 1. The minimum Gasteiger partial charge on any atom is -0.453 e. The summed E-state index contributed by atoms with van der Waals surface area (Å²) in [6.07, 6.45) is 9.99. The van der Waals surface area contributed by atoms with Crippen LogP contribution in [0, 0.1) is 5.82 Å². The van der Waals surface area contributed by atoms with E-state index in [0.29, 0.717) is 28.5 Å². The first-order valence-corrected chi connectivity index (χ1v) is 14.3. The number of anilines is 2. The van der Waals surface area contributed by atoms with Gasteiger partial charge >= 0.3 is 0 Å². The van der Waals surface area contributed by atoms with Crippen molar-refractivity contribution in [2.75, 3.05) is 10.0 Å². The molecule has 206 valence electrons. The molecule has 11 heteroatoms. The Hall–Kier alpha value is -4.35. The van der Waals surface area contributed by atoms with Crippen LogP contribution >= 0.6 is 0 Å². The van der Waals surface area contributed by atoms with Gasteiger partial charge in [-0.05, 0) is 61.6 Å². The van der Waals surface area contributed by atoms with E-state index in [2.05, 4.69) is 31.6 Å². The number of nitrogens with one attached hydrogen (secondary N) is 2. The van der Waals surface area contributed by atoms with Gasteiger partial charge in [0.1, 0.15) is 5.75 Å². The standard InChI is InChI=1S/C29H29FN6O3S/c1-2-19-5-3-4-6-28(19)40(37,38)36-22-11-12-27(24(30)17-22)39-26-14-15-32-18-23(26)25-13-16-33-29(35-25)34-21-9-7-20(31)8-10-21/h2-6,11-18,20-21,36H,1,7-10,31H2,(H,33,34,35). The summed E-state index contributed by atoms with van der Waals surface area (Å²) < 4.78 is 49.2. The molecule has 1 aliphatic carbocycles. The summed E-state index contributed by atoms with van der Waals surface area (Å²) in [4.78, 5) is 13.2. The van der Waals surface area contributed by atoms with Crippen molar-refractivity contribution in [3.05, 3.63) is 91.1 Å². The SMILES string of the molecule is C=Cc1ccccc1S(=O)(=O)Nc1ccc(Oc2ccncc2-c2ccnc(NC3CCC(N)CC3)n2)c(F)c1. The summed E-state index contributed by atoms with van der Waals surface area (Å²) in [6, 6.07) is 14.1. The van der Waals surface area contributed by atoms with Crippen molar-refractivity contribution in [3.8, 4) is 22.8 Å². The Morgan fingerprint density at radius 3 is 2.60 bits per heavy atom. The second-order valence-corrected chi connectivity index (χ2v) is 11.1. The molecule has 9 nitrogen and oxygen atoms in total. The van der Waals surface area contributed by atoms with Gasteiger partial charge in [-0.25, -0.2) is 22.8 Å². The number of hydrogen-bond acceptors (Lipinski definition) is 8. The number of nitrogens with two attached hydrogens (primary N) is 1. The molecule has 40 heavy (non-hydrogen) atoms. The molecule has 4 N–H and O–H groups in total. The fourth-order valence-corrected chi connectivity index (χ4v) is 5.82. The lowest BCUT2D eigenvalue weighted by Gasteiger charge is -2.26. The number of aromatic nitrogens is 3. The van der Waals surface area contributed by atoms with Crippen LogP contribution in [0.2, 0.25) is 0 Å². The molecule has 5 rings (SSSR count). The van der Waals surface area contributed by atoms with E-state index in [4.69, 9.17) is 10.5 Å². The largest absolute Gasteiger partial charge is 0.453 e. The lowest BCUT2D eigenvalue weighted by atomic mass is 9.92. The maximum atomic E-state index is 15.1. The van der Waals surface area contributed by atoms with Crippen LogP contribution in [0.1, 0.15) is 31.2 Å². The highest BCUT2D eigenvalue weighted by molar-refractivity contribution is 7.92. The molecule has 2 aromatic carbocycles. The Balaban J connectivity index is 1.34. The van der Waals surface area contributed by atoms with Crippen LogP contribution in [-0.2, 0) is 10.0 Å². The molecule has 1 fully saturated rings. The fraction of sp³-hybridized carbons (Fsp3) is 0.207. The Kier molecular flexibility index (Phi) is 8.04. The summed E-state index contributed by atoms with van der Waals surface area (Å²) in [5.74, 6) is -0.0302. The van der Waals surface area contributed by atoms with E-state index in [-0.39, 0.29) is 28.4 Å². The number of benzene rings is 2. The molecule has 0 saturated heterocycles. The van der Waals surface area contributed by atoms with E-state index >= 15 is 4.39 Å². The second-order valence-electron chi connectivity index (χ2n) is 9.49. The Labute approximate surface area is 232 Å². The van der Waals surface area contributed by atoms with Crippen molar-refractivity contribution >= 4 is 27.7 Å². The Morgan fingerprint density at radius 1 is 1.02 bits per heavy atom. The van der Waals surface area contributed by atoms with Gasteiger partial charge in [-0.3, -0.25) is 9.71 Å². The molecular weight excluding hydrogens is 531 g/mol. The van der Waals surface area contributed by atoms with Gasteiger partial charge in [0.05, 0.1) is 21.8 Å². The third kappa shape index (κ3) is 6.27. The molecule has 2 aromatic heterocycles. The minimum absolute atomic E-state index is 0.0398.